The number of hydrogen-bond acceptors (Lipinski definition) is 8. The Morgan fingerprint density at radius 2 is 0.848 bits per heavy atom. The maximum atomic E-state index is 10.3. The van der Waals surface area contributed by atoms with E-state index < -0.39 is 37.3 Å². The summed E-state index contributed by atoms with van der Waals surface area (Å²) in [6.07, 6.45) is 25.1. The minimum Gasteiger partial charge on any atom is -0.394 e. The van der Waals surface area contributed by atoms with Gasteiger partial charge in [0.1, 0.15) is 24.4 Å². The van der Waals surface area contributed by atoms with Crippen molar-refractivity contribution in [1.29, 1.82) is 0 Å². The van der Waals surface area contributed by atoms with E-state index >= 15 is 0 Å². The van der Waals surface area contributed by atoms with Crippen molar-refractivity contribution >= 4 is 0 Å². The molecule has 0 radical (unpaired) electrons. The lowest BCUT2D eigenvalue weighted by Gasteiger charge is -2.40. The summed E-state index contributed by atoms with van der Waals surface area (Å²) < 4.78 is 23.4. The maximum absolute atomic E-state index is 10.3. The van der Waals surface area contributed by atoms with Crippen LogP contribution in [0.2, 0.25) is 0 Å². The van der Waals surface area contributed by atoms with Gasteiger partial charge >= 0.3 is 0 Å². The highest BCUT2D eigenvalue weighted by molar-refractivity contribution is 4.89. The Labute approximate surface area is 283 Å². The van der Waals surface area contributed by atoms with Gasteiger partial charge in [0.15, 0.2) is 6.29 Å². The van der Waals surface area contributed by atoms with Crippen molar-refractivity contribution in [2.75, 3.05) is 39.6 Å². The topological polar surface area (TPSA) is 118 Å². The number of ether oxygens (including phenoxy) is 4. The average molecular weight is 661 g/mol. The standard InChI is InChI=1S/C38H76O8/c1-3-5-7-9-11-13-15-17-19-21-23-25-27-43-30-33(32-45-38-37(42)36(41)35(40)34(29-39)46-38)31-44-28-26-24-22-20-18-16-14-12-10-8-6-4-2/h33-42H,3-32H2,1-2H3/t34-,35-,36+,37-,38-/m1/s1. The zero-order valence-corrected chi connectivity index (χ0v) is 30.1. The van der Waals surface area contributed by atoms with Crippen molar-refractivity contribution in [2.45, 2.75) is 199 Å². The number of hydrogen-bond donors (Lipinski definition) is 4. The molecule has 1 aliphatic rings. The predicted octanol–water partition coefficient (Wildman–Crippen LogP) is 7.85. The van der Waals surface area contributed by atoms with Crippen LogP contribution >= 0.6 is 0 Å². The van der Waals surface area contributed by atoms with Crippen LogP contribution in [0.15, 0.2) is 0 Å². The van der Waals surface area contributed by atoms with Crippen LogP contribution in [0.1, 0.15) is 168 Å². The van der Waals surface area contributed by atoms with Crippen molar-refractivity contribution in [2.24, 2.45) is 5.92 Å². The van der Waals surface area contributed by atoms with Gasteiger partial charge < -0.3 is 39.4 Å². The van der Waals surface area contributed by atoms with Gasteiger partial charge in [-0.25, -0.2) is 0 Å². The van der Waals surface area contributed by atoms with Crippen molar-refractivity contribution in [3.05, 3.63) is 0 Å². The summed E-state index contributed by atoms with van der Waals surface area (Å²) >= 11 is 0. The van der Waals surface area contributed by atoms with Crippen molar-refractivity contribution in [3.63, 3.8) is 0 Å². The van der Waals surface area contributed by atoms with Gasteiger partial charge in [-0.1, -0.05) is 155 Å². The summed E-state index contributed by atoms with van der Waals surface area (Å²) in [6, 6.07) is 0. The molecule has 8 heteroatoms. The predicted molar refractivity (Wildman–Crippen MR) is 187 cm³/mol. The van der Waals surface area contributed by atoms with Crippen LogP contribution in [0.25, 0.3) is 0 Å². The number of rotatable bonds is 34. The van der Waals surface area contributed by atoms with E-state index in [2.05, 4.69) is 13.8 Å². The van der Waals surface area contributed by atoms with Crippen molar-refractivity contribution in [3.8, 4) is 0 Å². The monoisotopic (exact) mass is 661 g/mol. The van der Waals surface area contributed by atoms with E-state index in [1.165, 1.54) is 141 Å². The molecule has 8 nitrogen and oxygen atoms in total. The lowest BCUT2D eigenvalue weighted by atomic mass is 9.99. The minimum absolute atomic E-state index is 0.0537. The van der Waals surface area contributed by atoms with E-state index in [9.17, 15) is 20.4 Å². The lowest BCUT2D eigenvalue weighted by Crippen LogP contribution is -2.59. The first-order valence-electron chi connectivity index (χ1n) is 19.6. The van der Waals surface area contributed by atoms with Gasteiger partial charge in [-0.3, -0.25) is 0 Å². The molecule has 276 valence electrons. The first kappa shape index (κ1) is 43.7. The molecule has 1 aliphatic heterocycles. The van der Waals surface area contributed by atoms with Crippen LogP contribution in [-0.4, -0.2) is 90.8 Å². The summed E-state index contributed by atoms with van der Waals surface area (Å²) in [5.74, 6) is -0.0537. The quantitative estimate of drug-likeness (QED) is 0.0516. The van der Waals surface area contributed by atoms with Gasteiger partial charge in [-0.15, -0.1) is 0 Å². The van der Waals surface area contributed by atoms with Gasteiger partial charge in [0, 0.05) is 19.1 Å². The third kappa shape index (κ3) is 23.1. The normalized spacial score (nSPS) is 21.8. The molecule has 4 N–H and O–H groups in total. The maximum Gasteiger partial charge on any atom is 0.186 e. The Balaban J connectivity index is 2.24. The third-order valence-corrected chi connectivity index (χ3v) is 9.34. The van der Waals surface area contributed by atoms with E-state index in [1.807, 2.05) is 0 Å². The highest BCUT2D eigenvalue weighted by atomic mass is 16.7. The van der Waals surface area contributed by atoms with E-state index in [4.69, 9.17) is 18.9 Å². The van der Waals surface area contributed by atoms with Crippen LogP contribution in [-0.2, 0) is 18.9 Å². The molecule has 1 fully saturated rings. The van der Waals surface area contributed by atoms with Crippen LogP contribution in [0.5, 0.6) is 0 Å². The first-order valence-corrected chi connectivity index (χ1v) is 19.6. The Kier molecular flexibility index (Phi) is 30.3. The largest absolute Gasteiger partial charge is 0.394 e. The number of unbranched alkanes of at least 4 members (excludes halogenated alkanes) is 22. The fraction of sp³-hybridized carbons (Fsp3) is 1.00. The molecule has 1 rings (SSSR count). The van der Waals surface area contributed by atoms with Gasteiger partial charge in [-0.05, 0) is 12.8 Å². The Morgan fingerprint density at radius 3 is 1.22 bits per heavy atom. The molecule has 0 aliphatic carbocycles. The van der Waals surface area contributed by atoms with Gasteiger partial charge in [0.25, 0.3) is 0 Å². The zero-order chi connectivity index (χ0) is 33.5. The molecule has 0 aromatic rings. The number of aliphatic hydroxyl groups excluding tert-OH is 4. The highest BCUT2D eigenvalue weighted by Crippen LogP contribution is 2.23. The van der Waals surface area contributed by atoms with Crippen LogP contribution in [0.4, 0.5) is 0 Å². The highest BCUT2D eigenvalue weighted by Gasteiger charge is 2.44. The summed E-state index contributed by atoms with van der Waals surface area (Å²) in [7, 11) is 0. The lowest BCUT2D eigenvalue weighted by molar-refractivity contribution is -0.304. The molecular formula is C38H76O8. The Morgan fingerprint density at radius 1 is 0.478 bits per heavy atom. The third-order valence-electron chi connectivity index (χ3n) is 9.34. The van der Waals surface area contributed by atoms with Gasteiger partial charge in [0.05, 0.1) is 26.4 Å². The summed E-state index contributed by atoms with van der Waals surface area (Å²) in [5, 5.41) is 40.0. The van der Waals surface area contributed by atoms with Gasteiger partial charge in [-0.2, -0.15) is 0 Å². The average Bonchev–Trinajstić information content (AvgIpc) is 3.06. The smallest absolute Gasteiger partial charge is 0.186 e. The van der Waals surface area contributed by atoms with Crippen molar-refractivity contribution < 1.29 is 39.4 Å². The summed E-state index contributed by atoms with van der Waals surface area (Å²) in [4.78, 5) is 0. The first-order chi connectivity index (χ1) is 22.5. The molecular weight excluding hydrogens is 584 g/mol. The van der Waals surface area contributed by atoms with E-state index in [-0.39, 0.29) is 12.5 Å². The second-order valence-electron chi connectivity index (χ2n) is 13.8. The second-order valence-corrected chi connectivity index (χ2v) is 13.8. The van der Waals surface area contributed by atoms with Gasteiger partial charge in [0.2, 0.25) is 0 Å². The van der Waals surface area contributed by atoms with Crippen LogP contribution in [0, 0.1) is 5.92 Å². The summed E-state index contributed by atoms with van der Waals surface area (Å²) in [5.41, 5.74) is 0. The van der Waals surface area contributed by atoms with E-state index in [1.54, 1.807) is 0 Å². The molecule has 5 atom stereocenters. The fourth-order valence-electron chi connectivity index (χ4n) is 6.17. The SMILES string of the molecule is CCCCCCCCCCCCCCOCC(COCCCCCCCCCCCCCC)CO[C@@H]1O[C@H](CO)[C@@H](O)[C@H](O)[C@H]1O. The molecule has 1 heterocycles. The second kappa shape index (κ2) is 31.9. The molecule has 0 unspecified atom stereocenters. The molecule has 0 aromatic heterocycles. The molecule has 0 spiro atoms. The minimum atomic E-state index is -1.45. The number of aliphatic hydroxyl groups is 4. The molecule has 0 aromatic carbocycles. The Hall–Kier alpha value is -0.320. The molecule has 0 amide bonds. The van der Waals surface area contributed by atoms with E-state index in [0.717, 1.165) is 12.8 Å². The molecule has 46 heavy (non-hydrogen) atoms. The Bertz CT molecular complexity index is 590. The summed E-state index contributed by atoms with van der Waals surface area (Å²) in [6.45, 7) is 6.64. The van der Waals surface area contributed by atoms with Crippen LogP contribution in [0.3, 0.4) is 0 Å². The zero-order valence-electron chi connectivity index (χ0n) is 30.1. The van der Waals surface area contributed by atoms with E-state index in [0.29, 0.717) is 26.4 Å². The fourth-order valence-corrected chi connectivity index (χ4v) is 6.17. The molecule has 1 saturated heterocycles. The van der Waals surface area contributed by atoms with Crippen LogP contribution < -0.4 is 0 Å². The van der Waals surface area contributed by atoms with Crippen molar-refractivity contribution in [1.82, 2.24) is 0 Å². The molecule has 0 bridgehead atoms. The molecule has 0 saturated carbocycles.